The molecule has 1 saturated carbocycles. The van der Waals surface area contributed by atoms with Crippen molar-refractivity contribution in [2.75, 3.05) is 0 Å². The van der Waals surface area contributed by atoms with E-state index >= 15 is 0 Å². The Labute approximate surface area is 113 Å². The monoisotopic (exact) mass is 288 g/mol. The Kier molecular flexibility index (Phi) is 5.65. The first-order valence-electron chi connectivity index (χ1n) is 7.22. The maximum absolute atomic E-state index is 3.97. The molecule has 5 heteroatoms. The van der Waals surface area contributed by atoms with Crippen LogP contribution in [0.1, 0.15) is 32.1 Å². The van der Waals surface area contributed by atoms with Crippen molar-refractivity contribution in [2.24, 2.45) is 0 Å². The molecule has 1 fully saturated rings. The van der Waals surface area contributed by atoms with Crippen LogP contribution in [-0.2, 0) is 0 Å². The summed E-state index contributed by atoms with van der Waals surface area (Å²) in [7, 11) is -2.45. The van der Waals surface area contributed by atoms with E-state index in [0.717, 1.165) is 6.04 Å². The van der Waals surface area contributed by atoms with Crippen molar-refractivity contribution < 1.29 is 0 Å². The molecule has 0 radical (unpaired) electrons. The van der Waals surface area contributed by atoms with E-state index in [4.69, 9.17) is 0 Å². The highest BCUT2D eigenvalue weighted by Gasteiger charge is 2.34. The second-order valence-electron chi connectivity index (χ2n) is 7.47. The van der Waals surface area contributed by atoms with Crippen LogP contribution in [0.4, 0.5) is 0 Å². The summed E-state index contributed by atoms with van der Waals surface area (Å²) in [6.45, 7) is 15.1. The van der Waals surface area contributed by atoms with E-state index in [0.29, 0.717) is 0 Å². The van der Waals surface area contributed by atoms with Gasteiger partial charge in [0.2, 0.25) is 0 Å². The molecule has 0 amide bonds. The lowest BCUT2D eigenvalue weighted by Crippen LogP contribution is -2.64. The zero-order chi connectivity index (χ0) is 13.1. The highest BCUT2D eigenvalue weighted by Crippen LogP contribution is 2.20. The Morgan fingerprint density at radius 3 is 1.76 bits per heavy atom. The molecule has 0 aromatic rings. The van der Waals surface area contributed by atoms with Gasteiger partial charge in [-0.05, 0) is 12.8 Å². The van der Waals surface area contributed by atoms with Crippen molar-refractivity contribution in [3.8, 4) is 0 Å². The van der Waals surface area contributed by atoms with Gasteiger partial charge >= 0.3 is 0 Å². The zero-order valence-corrected chi connectivity index (χ0v) is 16.2. The maximum Gasteiger partial charge on any atom is 0.157 e. The summed E-state index contributed by atoms with van der Waals surface area (Å²) >= 11 is 0. The van der Waals surface area contributed by atoms with Crippen LogP contribution < -0.4 is 4.98 Å². The third-order valence-electron chi connectivity index (χ3n) is 3.76. The molecule has 0 bridgehead atoms. The average molecular weight is 289 g/mol. The van der Waals surface area contributed by atoms with Gasteiger partial charge < -0.3 is 8.88 Å². The Morgan fingerprint density at radius 2 is 1.35 bits per heavy atom. The Morgan fingerprint density at radius 1 is 0.882 bits per heavy atom. The van der Waals surface area contributed by atoms with Gasteiger partial charge in [-0.2, -0.15) is 0 Å². The van der Waals surface area contributed by atoms with Crippen molar-refractivity contribution in [3.05, 3.63) is 0 Å². The largest absolute Gasteiger partial charge is 0.361 e. The highest BCUT2D eigenvalue weighted by molar-refractivity contribution is 6.95. The summed E-state index contributed by atoms with van der Waals surface area (Å²) in [6.07, 6.45) is 7.22. The summed E-state index contributed by atoms with van der Waals surface area (Å²) in [5, 5.41) is 0. The lowest BCUT2D eigenvalue weighted by Gasteiger charge is -2.44. The van der Waals surface area contributed by atoms with Crippen LogP contribution in [0.3, 0.4) is 0 Å². The smallest absolute Gasteiger partial charge is 0.157 e. The second kappa shape index (κ2) is 6.14. The van der Waals surface area contributed by atoms with Crippen molar-refractivity contribution in [3.63, 3.8) is 0 Å². The highest BCUT2D eigenvalue weighted by atomic mass is 28.5. The van der Waals surface area contributed by atoms with Gasteiger partial charge in [0.1, 0.15) is 16.5 Å². The minimum atomic E-state index is -1.11. The fourth-order valence-electron chi connectivity index (χ4n) is 3.01. The molecule has 1 rings (SSSR count). The summed E-state index contributed by atoms with van der Waals surface area (Å²) < 4.78 is 2.98. The second-order valence-corrected chi connectivity index (χ2v) is 20.3. The molecule has 0 spiro atoms. The van der Waals surface area contributed by atoms with Crippen LogP contribution in [0.15, 0.2) is 0 Å². The van der Waals surface area contributed by atoms with E-state index < -0.39 is 16.5 Å². The van der Waals surface area contributed by atoms with Crippen LogP contribution in [0.2, 0.25) is 39.3 Å². The molecular weight excluding hydrogens is 256 g/mol. The first-order chi connectivity index (χ1) is 7.71. The summed E-state index contributed by atoms with van der Waals surface area (Å²) in [6, 6.07) is 0.852. The Balaban J connectivity index is 2.49. The van der Waals surface area contributed by atoms with E-state index in [1.165, 1.54) is 32.1 Å². The molecule has 0 saturated heterocycles. The molecule has 2 nitrogen and oxygen atoms in total. The minimum absolute atomic E-state index is 0.221. The number of hydrogen-bond acceptors (Lipinski definition) is 2. The van der Waals surface area contributed by atoms with Gasteiger partial charge in [-0.3, -0.25) is 0 Å². The average Bonchev–Trinajstić information content (AvgIpc) is 2.15. The molecular formula is C12H32N2Si3. The van der Waals surface area contributed by atoms with Crippen LogP contribution in [0, 0.1) is 0 Å². The van der Waals surface area contributed by atoms with E-state index in [9.17, 15) is 0 Å². The van der Waals surface area contributed by atoms with Crippen LogP contribution in [0.5, 0.6) is 0 Å². The molecule has 0 aromatic heterocycles. The summed E-state index contributed by atoms with van der Waals surface area (Å²) in [4.78, 5) is 3.97. The first-order valence-corrected chi connectivity index (χ1v) is 15.5. The van der Waals surface area contributed by atoms with E-state index in [1.54, 1.807) is 0 Å². The number of nitrogens with one attached hydrogen (secondary N) is 1. The summed E-state index contributed by atoms with van der Waals surface area (Å²) in [5.41, 5.74) is 0. The molecule has 1 aliphatic rings. The van der Waals surface area contributed by atoms with E-state index in [-0.39, 0.29) is 9.84 Å². The van der Waals surface area contributed by atoms with E-state index in [1.807, 2.05) is 0 Å². The predicted molar refractivity (Wildman–Crippen MR) is 87.1 cm³/mol. The van der Waals surface area contributed by atoms with Gasteiger partial charge in [0, 0.05) is 6.04 Å². The topological polar surface area (TPSA) is 15.3 Å². The third kappa shape index (κ3) is 5.38. The van der Waals surface area contributed by atoms with Crippen molar-refractivity contribution in [1.82, 2.24) is 8.88 Å². The predicted octanol–water partition coefficient (Wildman–Crippen LogP) is 2.88. The number of nitrogens with zero attached hydrogens (tertiary/aromatic N) is 1. The number of hydrogen-bond donors (Lipinski definition) is 1. The van der Waals surface area contributed by atoms with Gasteiger partial charge in [0.25, 0.3) is 0 Å². The van der Waals surface area contributed by atoms with Gasteiger partial charge in [-0.25, -0.2) is 0 Å². The van der Waals surface area contributed by atoms with Gasteiger partial charge in [0.15, 0.2) is 9.84 Å². The standard InChI is InChI=1S/C12H32N2Si3/c1-16(2,3)14(17(4,5)6)15-13-12-10-8-7-9-11-12/h12-13H,7-11,15H2,1-6H3. The van der Waals surface area contributed by atoms with Gasteiger partial charge in [0.05, 0.1) is 0 Å². The molecule has 0 atom stereocenters. The quantitative estimate of drug-likeness (QED) is 0.783. The Bertz CT molecular complexity index is 213. The molecule has 0 aliphatic heterocycles. The minimum Gasteiger partial charge on any atom is -0.361 e. The van der Waals surface area contributed by atoms with Crippen molar-refractivity contribution in [1.29, 1.82) is 0 Å². The van der Waals surface area contributed by atoms with Crippen LogP contribution in [-0.4, -0.2) is 36.3 Å². The zero-order valence-electron chi connectivity index (χ0n) is 12.8. The molecule has 1 aliphatic carbocycles. The van der Waals surface area contributed by atoms with Crippen LogP contribution in [0.25, 0.3) is 0 Å². The maximum atomic E-state index is 3.97. The molecule has 17 heavy (non-hydrogen) atoms. The molecule has 0 aromatic carbocycles. The lowest BCUT2D eigenvalue weighted by atomic mass is 9.96. The third-order valence-corrected chi connectivity index (χ3v) is 18.7. The molecule has 0 unspecified atom stereocenters. The lowest BCUT2D eigenvalue weighted by molar-refractivity contribution is 0.416. The van der Waals surface area contributed by atoms with Crippen LogP contribution >= 0.6 is 0 Å². The first kappa shape index (κ1) is 15.6. The normalized spacial score (nSPS) is 20.6. The molecule has 102 valence electrons. The number of rotatable bonds is 5. The van der Waals surface area contributed by atoms with Gasteiger partial charge in [-0.15, -0.1) is 0 Å². The molecule has 1 N–H and O–H groups in total. The van der Waals surface area contributed by atoms with Gasteiger partial charge in [-0.1, -0.05) is 58.5 Å². The fraction of sp³-hybridized carbons (Fsp3) is 1.00. The molecule has 0 heterocycles. The SMILES string of the molecule is C[Si](C)(C)N([SiH2]NC1CCCCC1)[Si](C)(C)C. The summed E-state index contributed by atoms with van der Waals surface area (Å²) in [5.74, 6) is 0. The Hall–Kier alpha value is 0.571. The fourth-order valence-corrected chi connectivity index (χ4v) is 16.2. The van der Waals surface area contributed by atoms with Crippen molar-refractivity contribution in [2.45, 2.75) is 77.4 Å². The van der Waals surface area contributed by atoms with E-state index in [2.05, 4.69) is 48.2 Å². The van der Waals surface area contributed by atoms with Crippen molar-refractivity contribution >= 4 is 26.3 Å².